The topological polar surface area (TPSA) is 65.0 Å². The summed E-state index contributed by atoms with van der Waals surface area (Å²) in [4.78, 5) is 13.1. The average Bonchev–Trinajstić information content (AvgIpc) is 3.64. The van der Waals surface area contributed by atoms with Gasteiger partial charge in [-0.1, -0.05) is 71.7 Å². The van der Waals surface area contributed by atoms with Gasteiger partial charge in [0.15, 0.2) is 6.61 Å². The van der Waals surface area contributed by atoms with Gasteiger partial charge in [0, 0.05) is 26.1 Å². The van der Waals surface area contributed by atoms with Gasteiger partial charge in [0.1, 0.15) is 23.9 Å². The van der Waals surface area contributed by atoms with Crippen LogP contribution in [0.2, 0.25) is 10.0 Å². The first-order chi connectivity index (χ1) is 20.8. The molecule has 0 aliphatic carbocycles. The number of hydrogen-bond acceptors (Lipinski definition) is 6. The second-order valence-electron chi connectivity index (χ2n) is 9.54. The van der Waals surface area contributed by atoms with Crippen LogP contribution in [0.1, 0.15) is 23.6 Å². The fourth-order valence-electron chi connectivity index (χ4n) is 4.54. The molecule has 0 saturated carbocycles. The molecule has 0 bridgehead atoms. The van der Waals surface area contributed by atoms with E-state index in [0.717, 1.165) is 53.2 Å². The summed E-state index contributed by atoms with van der Waals surface area (Å²) >= 11 is 15.6. The molecule has 2 heterocycles. The predicted octanol–water partition coefficient (Wildman–Crippen LogP) is 10.1. The minimum Gasteiger partial charge on any atom is -0.494 e. The molecular formula is C34H28Cl2O5S2. The Kier molecular flexibility index (Phi) is 10.1. The number of benzene rings is 3. The van der Waals surface area contributed by atoms with Crippen molar-refractivity contribution < 1.29 is 24.1 Å². The van der Waals surface area contributed by atoms with Crippen molar-refractivity contribution in [2.24, 2.45) is 0 Å². The van der Waals surface area contributed by atoms with Crippen LogP contribution in [0.25, 0.3) is 26.5 Å². The van der Waals surface area contributed by atoms with Crippen LogP contribution in [-0.4, -0.2) is 30.9 Å². The van der Waals surface area contributed by atoms with Gasteiger partial charge in [-0.2, -0.15) is 0 Å². The van der Waals surface area contributed by atoms with Crippen molar-refractivity contribution >= 4 is 57.4 Å². The lowest BCUT2D eigenvalue weighted by atomic mass is 9.94. The fourth-order valence-corrected chi connectivity index (χ4v) is 6.71. The molecule has 220 valence electrons. The van der Waals surface area contributed by atoms with E-state index in [4.69, 9.17) is 42.5 Å². The molecule has 0 aliphatic heterocycles. The van der Waals surface area contributed by atoms with Crippen LogP contribution in [0.5, 0.6) is 11.5 Å². The van der Waals surface area contributed by atoms with Crippen molar-refractivity contribution in [1.82, 2.24) is 0 Å². The molecule has 0 fully saturated rings. The SMILES string of the molecule is CCOC(COc1ccc(OCC(=O)O)c(C)c1)=C(c1ccc(-c2cc(Cl)cs2)cc1)c1ccc(-c2cc(Cl)cs2)cc1. The Hall–Kier alpha value is -3.75. The first-order valence-electron chi connectivity index (χ1n) is 13.4. The highest BCUT2D eigenvalue weighted by molar-refractivity contribution is 7.14. The zero-order valence-corrected chi connectivity index (χ0v) is 26.6. The Bertz CT molecular complexity index is 1650. The van der Waals surface area contributed by atoms with E-state index in [1.807, 2.05) is 42.8 Å². The highest BCUT2D eigenvalue weighted by Gasteiger charge is 2.17. The number of aliphatic carboxylic acids is 1. The quantitative estimate of drug-likeness (QED) is 0.136. The first kappa shape index (κ1) is 30.7. The number of aryl methyl sites for hydroxylation is 1. The molecule has 0 amide bonds. The number of hydrogen-bond donors (Lipinski definition) is 1. The van der Waals surface area contributed by atoms with E-state index < -0.39 is 12.6 Å². The number of thiophene rings is 2. The molecule has 3 aromatic carbocycles. The van der Waals surface area contributed by atoms with Gasteiger partial charge >= 0.3 is 5.97 Å². The van der Waals surface area contributed by atoms with Crippen LogP contribution in [0.3, 0.4) is 0 Å². The maximum atomic E-state index is 10.9. The smallest absolute Gasteiger partial charge is 0.341 e. The van der Waals surface area contributed by atoms with Crippen LogP contribution in [-0.2, 0) is 9.53 Å². The number of rotatable bonds is 12. The van der Waals surface area contributed by atoms with Crippen molar-refractivity contribution in [3.63, 3.8) is 0 Å². The van der Waals surface area contributed by atoms with E-state index in [1.54, 1.807) is 34.8 Å². The second-order valence-corrected chi connectivity index (χ2v) is 12.2. The Morgan fingerprint density at radius 1 is 0.767 bits per heavy atom. The van der Waals surface area contributed by atoms with E-state index in [9.17, 15) is 4.79 Å². The number of carbonyl (C=O) groups is 1. The highest BCUT2D eigenvalue weighted by Crippen LogP contribution is 2.35. The zero-order valence-electron chi connectivity index (χ0n) is 23.4. The lowest BCUT2D eigenvalue weighted by molar-refractivity contribution is -0.139. The van der Waals surface area contributed by atoms with Gasteiger partial charge in [-0.3, -0.25) is 0 Å². The van der Waals surface area contributed by atoms with Crippen LogP contribution in [0.15, 0.2) is 95.4 Å². The molecule has 9 heteroatoms. The maximum absolute atomic E-state index is 10.9. The summed E-state index contributed by atoms with van der Waals surface area (Å²) in [5.41, 5.74) is 5.83. The summed E-state index contributed by atoms with van der Waals surface area (Å²) in [6.45, 7) is 4.03. The fraction of sp³-hybridized carbons (Fsp3) is 0.147. The van der Waals surface area contributed by atoms with Crippen molar-refractivity contribution in [1.29, 1.82) is 0 Å². The van der Waals surface area contributed by atoms with Crippen molar-refractivity contribution in [2.75, 3.05) is 19.8 Å². The number of carboxylic acid groups (broad SMARTS) is 1. The van der Waals surface area contributed by atoms with Crippen LogP contribution >= 0.6 is 45.9 Å². The van der Waals surface area contributed by atoms with Gasteiger partial charge < -0.3 is 19.3 Å². The summed E-state index contributed by atoms with van der Waals surface area (Å²) in [5.74, 6) is 0.769. The normalized spacial score (nSPS) is 10.8. The molecule has 0 saturated heterocycles. The van der Waals surface area contributed by atoms with Crippen LogP contribution < -0.4 is 9.47 Å². The third-order valence-electron chi connectivity index (χ3n) is 6.52. The molecular weight excluding hydrogens is 623 g/mol. The van der Waals surface area contributed by atoms with E-state index in [2.05, 4.69) is 48.5 Å². The molecule has 0 atom stereocenters. The molecule has 2 aromatic heterocycles. The molecule has 5 rings (SSSR count). The standard InChI is InChI=1S/C34H28Cl2O5S2/c1-3-39-30(17-40-28-12-13-29(21(2)14-28)41-18-33(37)38)34(24-8-4-22(5-9-24)31-15-26(35)19-42-31)25-10-6-23(7-11-25)32-16-27(36)20-43-32/h4-16,19-20H,3,17-18H2,1-2H3,(H,37,38). The third-order valence-corrected chi connectivity index (χ3v) is 9.17. The second kappa shape index (κ2) is 14.1. The lowest BCUT2D eigenvalue weighted by Crippen LogP contribution is -2.11. The van der Waals surface area contributed by atoms with Gasteiger partial charge in [-0.25, -0.2) is 4.79 Å². The number of ether oxygens (including phenoxy) is 3. The van der Waals surface area contributed by atoms with Crippen LogP contribution in [0.4, 0.5) is 0 Å². The maximum Gasteiger partial charge on any atom is 0.341 e. The monoisotopic (exact) mass is 650 g/mol. The van der Waals surface area contributed by atoms with Gasteiger partial charge in [-0.15, -0.1) is 22.7 Å². The average molecular weight is 652 g/mol. The highest BCUT2D eigenvalue weighted by atomic mass is 35.5. The molecule has 0 radical (unpaired) electrons. The van der Waals surface area contributed by atoms with Gasteiger partial charge in [0.2, 0.25) is 0 Å². The van der Waals surface area contributed by atoms with E-state index in [0.29, 0.717) is 23.9 Å². The Morgan fingerprint density at radius 2 is 1.33 bits per heavy atom. The van der Waals surface area contributed by atoms with E-state index in [1.165, 1.54) is 0 Å². The summed E-state index contributed by atoms with van der Waals surface area (Å²) in [5, 5.41) is 14.2. The van der Waals surface area contributed by atoms with Crippen LogP contribution in [0, 0.1) is 6.92 Å². The van der Waals surface area contributed by atoms with Gasteiger partial charge in [0.25, 0.3) is 0 Å². The van der Waals surface area contributed by atoms with E-state index >= 15 is 0 Å². The summed E-state index contributed by atoms with van der Waals surface area (Å²) in [7, 11) is 0. The summed E-state index contributed by atoms with van der Waals surface area (Å²) < 4.78 is 17.8. The largest absolute Gasteiger partial charge is 0.494 e. The zero-order chi connectivity index (χ0) is 30.3. The summed E-state index contributed by atoms with van der Waals surface area (Å²) in [6.07, 6.45) is 0. The lowest BCUT2D eigenvalue weighted by Gasteiger charge is -2.18. The van der Waals surface area contributed by atoms with Crippen molar-refractivity contribution in [3.05, 3.63) is 122 Å². The van der Waals surface area contributed by atoms with E-state index in [-0.39, 0.29) is 6.61 Å². The minimum absolute atomic E-state index is 0.183. The molecule has 5 nitrogen and oxygen atoms in total. The molecule has 0 spiro atoms. The number of carboxylic acids is 1. The molecule has 5 aromatic rings. The summed E-state index contributed by atoms with van der Waals surface area (Å²) in [6, 6.07) is 25.9. The molecule has 43 heavy (non-hydrogen) atoms. The van der Waals surface area contributed by atoms with Crippen molar-refractivity contribution in [3.8, 4) is 32.4 Å². The Labute approximate surface area is 268 Å². The Balaban J connectivity index is 1.49. The first-order valence-corrected chi connectivity index (χ1v) is 16.0. The minimum atomic E-state index is -1.03. The molecule has 0 aliphatic rings. The van der Waals surface area contributed by atoms with Gasteiger partial charge in [-0.05, 0) is 72.0 Å². The number of halogens is 2. The third kappa shape index (κ3) is 7.80. The van der Waals surface area contributed by atoms with Crippen molar-refractivity contribution in [2.45, 2.75) is 13.8 Å². The predicted molar refractivity (Wildman–Crippen MR) is 177 cm³/mol. The Morgan fingerprint density at radius 3 is 1.77 bits per heavy atom. The van der Waals surface area contributed by atoms with Gasteiger partial charge in [0.05, 0.1) is 16.7 Å². The molecule has 0 unspecified atom stereocenters. The molecule has 1 N–H and O–H groups in total.